The summed E-state index contributed by atoms with van der Waals surface area (Å²) in [6, 6.07) is 7.12. The largest absolute Gasteiger partial charge is 0.381 e. The van der Waals surface area contributed by atoms with Crippen molar-refractivity contribution in [3.8, 4) is 0 Å². The van der Waals surface area contributed by atoms with Crippen LogP contribution in [-0.2, 0) is 21.3 Å². The van der Waals surface area contributed by atoms with E-state index in [1.807, 2.05) is 12.1 Å². The molecule has 172 valence electrons. The number of unbranched alkanes of at least 4 members (excludes halogenated alkanes) is 1. The van der Waals surface area contributed by atoms with Gasteiger partial charge < -0.3 is 15.4 Å². The normalized spacial score (nSPS) is 15.5. The molecule has 2 N–H and O–H groups in total. The van der Waals surface area contributed by atoms with Gasteiger partial charge in [-0.3, -0.25) is 4.99 Å². The van der Waals surface area contributed by atoms with Gasteiger partial charge in [0, 0.05) is 46.4 Å². The molecule has 0 aromatic heterocycles. The van der Waals surface area contributed by atoms with E-state index in [9.17, 15) is 8.42 Å². The molecule has 0 unspecified atom stereocenters. The number of halogens is 1. The van der Waals surface area contributed by atoms with Crippen molar-refractivity contribution in [2.24, 2.45) is 4.99 Å². The highest BCUT2D eigenvalue weighted by Crippen LogP contribution is 2.20. The second kappa shape index (κ2) is 15.0. The number of piperidine rings is 1. The van der Waals surface area contributed by atoms with Gasteiger partial charge in [-0.05, 0) is 43.4 Å². The Labute approximate surface area is 199 Å². The Kier molecular flexibility index (Phi) is 13.5. The molecule has 30 heavy (non-hydrogen) atoms. The first-order valence-corrected chi connectivity index (χ1v) is 12.1. The van der Waals surface area contributed by atoms with Crippen LogP contribution in [0.4, 0.5) is 0 Å². The maximum atomic E-state index is 12.7. The number of guanidine groups is 1. The number of benzene rings is 1. The van der Waals surface area contributed by atoms with Crippen LogP contribution in [0.5, 0.6) is 0 Å². The lowest BCUT2D eigenvalue weighted by atomic mass is 10.2. The van der Waals surface area contributed by atoms with Crippen molar-refractivity contribution < 1.29 is 13.2 Å². The number of ether oxygens (including phenoxy) is 1. The molecule has 9 heteroatoms. The van der Waals surface area contributed by atoms with Crippen molar-refractivity contribution in [2.45, 2.75) is 56.9 Å². The fraction of sp³-hybridized carbons (Fsp3) is 0.667. The van der Waals surface area contributed by atoms with Crippen LogP contribution in [0.1, 0.15) is 51.0 Å². The molecule has 0 atom stereocenters. The number of aliphatic imine (C=N–C) groups is 1. The molecular weight excluding hydrogens is 515 g/mol. The van der Waals surface area contributed by atoms with Crippen molar-refractivity contribution >= 4 is 40.0 Å². The van der Waals surface area contributed by atoms with Crippen molar-refractivity contribution in [3.63, 3.8) is 0 Å². The summed E-state index contributed by atoms with van der Waals surface area (Å²) in [6.45, 7) is 6.34. The summed E-state index contributed by atoms with van der Waals surface area (Å²) in [5, 5.41) is 6.52. The molecule has 0 radical (unpaired) electrons. The van der Waals surface area contributed by atoms with Crippen LogP contribution in [0.2, 0.25) is 0 Å². The Bertz CT molecular complexity index is 720. The summed E-state index contributed by atoms with van der Waals surface area (Å²) in [6.07, 6.45) is 6.18. The van der Waals surface area contributed by atoms with Crippen LogP contribution in [-0.4, -0.2) is 58.6 Å². The van der Waals surface area contributed by atoms with Crippen LogP contribution in [0.15, 0.2) is 34.2 Å². The predicted molar refractivity (Wildman–Crippen MR) is 133 cm³/mol. The highest BCUT2D eigenvalue weighted by atomic mass is 127. The molecule has 0 bridgehead atoms. The summed E-state index contributed by atoms with van der Waals surface area (Å²) in [4.78, 5) is 4.59. The van der Waals surface area contributed by atoms with E-state index in [1.165, 1.54) is 0 Å². The zero-order valence-corrected chi connectivity index (χ0v) is 21.4. The van der Waals surface area contributed by atoms with Crippen molar-refractivity contribution in [3.05, 3.63) is 29.8 Å². The second-order valence-corrected chi connectivity index (χ2v) is 9.22. The van der Waals surface area contributed by atoms with E-state index in [0.29, 0.717) is 24.5 Å². The van der Waals surface area contributed by atoms with E-state index in [-0.39, 0.29) is 24.0 Å². The minimum atomic E-state index is -3.37. The van der Waals surface area contributed by atoms with Gasteiger partial charge in [0.2, 0.25) is 10.0 Å². The smallest absolute Gasteiger partial charge is 0.243 e. The minimum Gasteiger partial charge on any atom is -0.381 e. The molecule has 1 fully saturated rings. The maximum absolute atomic E-state index is 12.7. The van der Waals surface area contributed by atoms with Gasteiger partial charge in [-0.25, -0.2) is 8.42 Å². The molecule has 7 nitrogen and oxygen atoms in total. The molecular formula is C21H37IN4O3S. The highest BCUT2D eigenvalue weighted by molar-refractivity contribution is 14.0. The molecule has 1 aromatic rings. The first-order chi connectivity index (χ1) is 14.1. The summed E-state index contributed by atoms with van der Waals surface area (Å²) in [7, 11) is -1.64. The topological polar surface area (TPSA) is 83.0 Å². The van der Waals surface area contributed by atoms with Gasteiger partial charge in [0.15, 0.2) is 5.96 Å². The molecule has 1 heterocycles. The van der Waals surface area contributed by atoms with Crippen LogP contribution in [0.25, 0.3) is 0 Å². The molecule has 0 spiro atoms. The minimum absolute atomic E-state index is 0. The molecule has 0 amide bonds. The van der Waals surface area contributed by atoms with E-state index in [1.54, 1.807) is 23.5 Å². The van der Waals surface area contributed by atoms with Crippen molar-refractivity contribution in [2.75, 3.05) is 39.9 Å². The average molecular weight is 553 g/mol. The van der Waals surface area contributed by atoms with Gasteiger partial charge >= 0.3 is 0 Å². The lowest BCUT2D eigenvalue weighted by molar-refractivity contribution is 0.129. The van der Waals surface area contributed by atoms with E-state index in [4.69, 9.17) is 4.74 Å². The molecule has 2 rings (SSSR count). The summed E-state index contributed by atoms with van der Waals surface area (Å²) in [5.41, 5.74) is 1.01. The zero-order chi connectivity index (χ0) is 21.0. The molecule has 1 aliphatic heterocycles. The van der Waals surface area contributed by atoms with Gasteiger partial charge in [-0.2, -0.15) is 4.31 Å². The Morgan fingerprint density at radius 3 is 2.37 bits per heavy atom. The quantitative estimate of drug-likeness (QED) is 0.191. The third-order valence-electron chi connectivity index (χ3n) is 4.96. The van der Waals surface area contributed by atoms with Gasteiger partial charge in [0.25, 0.3) is 0 Å². The lowest BCUT2D eigenvalue weighted by Gasteiger charge is -2.25. The first kappa shape index (κ1) is 27.1. The van der Waals surface area contributed by atoms with Crippen LogP contribution < -0.4 is 10.6 Å². The van der Waals surface area contributed by atoms with Gasteiger partial charge in [0.05, 0.1) is 4.90 Å². The van der Waals surface area contributed by atoms with Crippen molar-refractivity contribution in [1.29, 1.82) is 0 Å². The van der Waals surface area contributed by atoms with Gasteiger partial charge in [-0.15, -0.1) is 24.0 Å². The van der Waals surface area contributed by atoms with Crippen LogP contribution >= 0.6 is 24.0 Å². The summed E-state index contributed by atoms with van der Waals surface area (Å²) < 4.78 is 32.6. The standard InChI is InChI=1S/C21H36N4O3S.HI/c1-3-4-16-28-17-8-13-23-21(22-2)24-18-19-9-11-20(12-10-19)29(26,27)25-14-6-5-7-15-25;/h9-12H,3-8,13-18H2,1-2H3,(H2,22,23,24);1H. The molecule has 1 aromatic carbocycles. The van der Waals surface area contributed by atoms with Gasteiger partial charge in [-0.1, -0.05) is 31.9 Å². The third-order valence-corrected chi connectivity index (χ3v) is 6.87. The first-order valence-electron chi connectivity index (χ1n) is 10.7. The van der Waals surface area contributed by atoms with Crippen LogP contribution in [0.3, 0.4) is 0 Å². The van der Waals surface area contributed by atoms with E-state index in [0.717, 1.165) is 69.8 Å². The number of sulfonamides is 1. The fourth-order valence-electron chi connectivity index (χ4n) is 3.17. The molecule has 1 aliphatic rings. The number of rotatable bonds is 11. The SMILES string of the molecule is CCCCOCCCNC(=NC)NCc1ccc(S(=O)(=O)N2CCCCC2)cc1.I. The zero-order valence-electron chi connectivity index (χ0n) is 18.2. The van der Waals surface area contributed by atoms with E-state index in [2.05, 4.69) is 22.5 Å². The monoisotopic (exact) mass is 552 g/mol. The third kappa shape index (κ3) is 9.07. The Balaban J connectivity index is 0.00000450. The maximum Gasteiger partial charge on any atom is 0.243 e. The van der Waals surface area contributed by atoms with E-state index >= 15 is 0 Å². The number of hydrogen-bond acceptors (Lipinski definition) is 4. The number of nitrogens with one attached hydrogen (secondary N) is 2. The Morgan fingerprint density at radius 2 is 1.73 bits per heavy atom. The highest BCUT2D eigenvalue weighted by Gasteiger charge is 2.25. The molecule has 0 saturated carbocycles. The predicted octanol–water partition coefficient (Wildman–Crippen LogP) is 3.35. The number of nitrogens with zero attached hydrogens (tertiary/aromatic N) is 2. The summed E-state index contributed by atoms with van der Waals surface area (Å²) in [5.74, 6) is 0.726. The Morgan fingerprint density at radius 1 is 1.07 bits per heavy atom. The Hall–Kier alpha value is -0.910. The fourth-order valence-corrected chi connectivity index (χ4v) is 4.69. The average Bonchev–Trinajstić information content (AvgIpc) is 2.76. The molecule has 1 saturated heterocycles. The van der Waals surface area contributed by atoms with Crippen molar-refractivity contribution in [1.82, 2.24) is 14.9 Å². The van der Waals surface area contributed by atoms with E-state index < -0.39 is 10.0 Å². The number of hydrogen-bond donors (Lipinski definition) is 2. The summed E-state index contributed by atoms with van der Waals surface area (Å²) >= 11 is 0. The van der Waals surface area contributed by atoms with Gasteiger partial charge in [0.1, 0.15) is 0 Å². The second-order valence-electron chi connectivity index (χ2n) is 7.28. The van der Waals surface area contributed by atoms with Crippen LogP contribution in [0, 0.1) is 0 Å². The molecule has 0 aliphatic carbocycles. The lowest BCUT2D eigenvalue weighted by Crippen LogP contribution is -2.37.